The first-order valence-corrected chi connectivity index (χ1v) is 10.5. The Labute approximate surface area is 190 Å². The Morgan fingerprint density at radius 1 is 1.21 bits per heavy atom. The highest BCUT2D eigenvalue weighted by Gasteiger charge is 2.56. The fourth-order valence-corrected chi connectivity index (χ4v) is 4.47. The second-order valence-electron chi connectivity index (χ2n) is 8.54. The zero-order valence-corrected chi connectivity index (χ0v) is 18.9. The summed E-state index contributed by atoms with van der Waals surface area (Å²) in [6.07, 6.45) is 4.55. The number of aromatic nitrogens is 1. The predicted molar refractivity (Wildman–Crippen MR) is 119 cm³/mol. The highest BCUT2D eigenvalue weighted by molar-refractivity contribution is 6.31. The van der Waals surface area contributed by atoms with Crippen LogP contribution in [0.25, 0.3) is 0 Å². The number of Topliss-reactive ketones (excluding diaryl/α,β-unsaturated/α-hetero) is 2. The molecule has 3 N–H and O–H groups in total. The number of aromatic hydroxyl groups is 2. The van der Waals surface area contributed by atoms with Crippen molar-refractivity contribution in [1.82, 2.24) is 10.3 Å². The maximum Gasteiger partial charge on any atom is 0.194 e. The van der Waals surface area contributed by atoms with Gasteiger partial charge in [0.05, 0.1) is 11.1 Å². The molecule has 170 valence electrons. The van der Waals surface area contributed by atoms with Gasteiger partial charge in [-0.05, 0) is 46.2 Å². The number of nitrogens with zero attached hydrogens (tertiary/aromatic N) is 1. The van der Waals surface area contributed by atoms with E-state index >= 15 is 0 Å². The zero-order valence-electron chi connectivity index (χ0n) is 18.9. The van der Waals surface area contributed by atoms with E-state index in [-0.39, 0.29) is 45.6 Å². The Balaban J connectivity index is 1.87. The normalized spacial score (nSPS) is 21.5. The fourth-order valence-electron chi connectivity index (χ4n) is 4.47. The van der Waals surface area contributed by atoms with Gasteiger partial charge in [-0.25, -0.2) is 0 Å². The summed E-state index contributed by atoms with van der Waals surface area (Å²) in [5, 5.41) is 24.5. The molecule has 2 atom stereocenters. The quantitative estimate of drug-likeness (QED) is 0.370. The first-order chi connectivity index (χ1) is 15.5. The molecule has 8 heteroatoms. The number of nitrogens with one attached hydrogen (secondary N) is 1. The highest BCUT2D eigenvalue weighted by atomic mass is 16.5. The van der Waals surface area contributed by atoms with Crippen molar-refractivity contribution in [2.75, 3.05) is 0 Å². The molecule has 0 radical (unpaired) electrons. The van der Waals surface area contributed by atoms with Crippen molar-refractivity contribution in [2.45, 2.75) is 46.1 Å². The SMILES string of the molecule is CC(=O)c1c(O)c(C)c(O)c2c1OC1=CC(=O)/C(=C(/C)N[C@H](C)c3cccnc3)C(=O)[C@@]12C. The minimum absolute atomic E-state index is 0.00663. The lowest BCUT2D eigenvalue weighted by Crippen LogP contribution is -2.41. The molecule has 33 heavy (non-hydrogen) atoms. The van der Waals surface area contributed by atoms with Crippen LogP contribution in [0.2, 0.25) is 0 Å². The molecule has 0 amide bonds. The average molecular weight is 448 g/mol. The second kappa shape index (κ2) is 7.58. The van der Waals surface area contributed by atoms with Gasteiger partial charge in [-0.2, -0.15) is 0 Å². The lowest BCUT2D eigenvalue weighted by molar-refractivity contribution is -0.123. The van der Waals surface area contributed by atoms with E-state index in [0.29, 0.717) is 5.70 Å². The molecule has 2 aliphatic rings. The molecule has 1 aliphatic heterocycles. The number of hydrogen-bond donors (Lipinski definition) is 3. The van der Waals surface area contributed by atoms with Crippen LogP contribution in [0.5, 0.6) is 17.2 Å². The molecule has 0 bridgehead atoms. The topological polar surface area (TPSA) is 126 Å². The molecule has 2 heterocycles. The van der Waals surface area contributed by atoms with E-state index in [9.17, 15) is 24.6 Å². The van der Waals surface area contributed by atoms with E-state index in [1.54, 1.807) is 25.4 Å². The third kappa shape index (κ3) is 3.13. The number of ketones is 3. The summed E-state index contributed by atoms with van der Waals surface area (Å²) in [6, 6.07) is 3.45. The third-order valence-electron chi connectivity index (χ3n) is 6.38. The Hall–Kier alpha value is -3.94. The van der Waals surface area contributed by atoms with Crippen molar-refractivity contribution < 1.29 is 29.3 Å². The maximum atomic E-state index is 13.8. The Kier molecular flexibility index (Phi) is 5.11. The largest absolute Gasteiger partial charge is 0.507 e. The van der Waals surface area contributed by atoms with E-state index in [0.717, 1.165) is 5.56 Å². The Morgan fingerprint density at radius 3 is 2.52 bits per heavy atom. The number of phenols is 2. The lowest BCUT2D eigenvalue weighted by atomic mass is 9.70. The van der Waals surface area contributed by atoms with Crippen molar-refractivity contribution in [3.8, 4) is 17.2 Å². The number of ether oxygens (including phenoxy) is 1. The minimum Gasteiger partial charge on any atom is -0.507 e. The van der Waals surface area contributed by atoms with Crippen molar-refractivity contribution in [2.24, 2.45) is 0 Å². The van der Waals surface area contributed by atoms with Gasteiger partial charge in [0.15, 0.2) is 17.3 Å². The first-order valence-electron chi connectivity index (χ1n) is 10.5. The van der Waals surface area contributed by atoms with Gasteiger partial charge in [-0.1, -0.05) is 6.07 Å². The van der Waals surface area contributed by atoms with Gasteiger partial charge in [0.1, 0.15) is 34.0 Å². The number of rotatable bonds is 4. The third-order valence-corrected chi connectivity index (χ3v) is 6.38. The van der Waals surface area contributed by atoms with Crippen molar-refractivity contribution >= 4 is 17.3 Å². The number of fused-ring (bicyclic) bond motifs is 3. The molecule has 2 aromatic rings. The van der Waals surface area contributed by atoms with Gasteiger partial charge in [0.25, 0.3) is 0 Å². The van der Waals surface area contributed by atoms with Crippen LogP contribution in [0.15, 0.2) is 47.6 Å². The summed E-state index contributed by atoms with van der Waals surface area (Å²) in [6.45, 7) is 7.75. The lowest BCUT2D eigenvalue weighted by Gasteiger charge is -2.29. The minimum atomic E-state index is -1.54. The van der Waals surface area contributed by atoms with E-state index in [4.69, 9.17) is 4.74 Å². The molecule has 1 aromatic heterocycles. The number of benzene rings is 1. The zero-order chi connectivity index (χ0) is 24.2. The molecule has 0 unspecified atom stereocenters. The predicted octanol–water partition coefficient (Wildman–Crippen LogP) is 3.31. The van der Waals surface area contributed by atoms with Crippen LogP contribution in [0.3, 0.4) is 0 Å². The van der Waals surface area contributed by atoms with Crippen molar-refractivity contribution in [3.05, 3.63) is 69.9 Å². The molecular formula is C25H24N2O6. The van der Waals surface area contributed by atoms with Crippen LogP contribution >= 0.6 is 0 Å². The number of carbonyl (C=O) groups excluding carboxylic acids is 3. The van der Waals surface area contributed by atoms with E-state index in [1.165, 1.54) is 26.8 Å². The smallest absolute Gasteiger partial charge is 0.194 e. The van der Waals surface area contributed by atoms with Crippen molar-refractivity contribution in [1.29, 1.82) is 0 Å². The van der Waals surface area contributed by atoms with Gasteiger partial charge in [0, 0.05) is 35.8 Å². The van der Waals surface area contributed by atoms with Gasteiger partial charge < -0.3 is 20.3 Å². The molecular weight excluding hydrogens is 424 g/mol. The molecule has 0 saturated heterocycles. The number of phenolic OH excluding ortho intramolecular Hbond substituents is 2. The summed E-state index contributed by atoms with van der Waals surface area (Å²) >= 11 is 0. The number of carbonyl (C=O) groups is 3. The first kappa shape index (κ1) is 22.3. The molecule has 4 rings (SSSR count). The van der Waals surface area contributed by atoms with Gasteiger partial charge in [-0.15, -0.1) is 0 Å². The van der Waals surface area contributed by atoms with Gasteiger partial charge >= 0.3 is 0 Å². The van der Waals surface area contributed by atoms with Crippen LogP contribution in [0, 0.1) is 6.92 Å². The summed E-state index contributed by atoms with van der Waals surface area (Å²) < 4.78 is 5.77. The highest BCUT2D eigenvalue weighted by Crippen LogP contribution is 2.57. The Morgan fingerprint density at radius 2 is 1.91 bits per heavy atom. The van der Waals surface area contributed by atoms with Crippen LogP contribution in [-0.2, 0) is 15.0 Å². The molecule has 1 aromatic carbocycles. The molecule has 0 saturated carbocycles. The van der Waals surface area contributed by atoms with E-state index in [2.05, 4.69) is 10.3 Å². The number of allylic oxidation sites excluding steroid dienone is 4. The van der Waals surface area contributed by atoms with E-state index < -0.39 is 28.5 Å². The summed E-state index contributed by atoms with van der Waals surface area (Å²) in [4.78, 5) is 43.1. The molecule has 0 fully saturated rings. The van der Waals surface area contributed by atoms with Gasteiger partial charge in [-0.3, -0.25) is 19.4 Å². The number of hydrogen-bond acceptors (Lipinski definition) is 8. The molecule has 1 aliphatic carbocycles. The average Bonchev–Trinajstić information content (AvgIpc) is 3.05. The molecule has 0 spiro atoms. The standard InChI is InChI=1S/C25H24N2O6/c1-11-21(30)19(14(4)28)23-20(22(11)31)25(5)17(33-23)9-16(29)18(24(25)32)13(3)27-12(2)15-7-6-8-26-10-15/h6-10,12,27,30-31H,1-5H3/b18-13+/t12-,25+/m1/s1. The van der Waals surface area contributed by atoms with Crippen LogP contribution in [0.4, 0.5) is 0 Å². The fraction of sp³-hybridized carbons (Fsp3) is 0.280. The van der Waals surface area contributed by atoms with Crippen LogP contribution in [-0.4, -0.2) is 32.5 Å². The summed E-state index contributed by atoms with van der Waals surface area (Å²) in [5.41, 5.74) is -0.373. The van der Waals surface area contributed by atoms with E-state index in [1.807, 2.05) is 13.0 Å². The number of pyridine rings is 1. The van der Waals surface area contributed by atoms with Crippen LogP contribution in [0.1, 0.15) is 60.8 Å². The van der Waals surface area contributed by atoms with Crippen molar-refractivity contribution in [3.63, 3.8) is 0 Å². The second-order valence-corrected chi connectivity index (χ2v) is 8.54. The monoisotopic (exact) mass is 448 g/mol. The summed E-state index contributed by atoms with van der Waals surface area (Å²) in [5.74, 6) is -2.47. The Bertz CT molecular complexity index is 1290. The summed E-state index contributed by atoms with van der Waals surface area (Å²) in [7, 11) is 0. The maximum absolute atomic E-state index is 13.8. The van der Waals surface area contributed by atoms with Gasteiger partial charge in [0.2, 0.25) is 0 Å². The van der Waals surface area contributed by atoms with Crippen LogP contribution < -0.4 is 10.1 Å². The molecule has 8 nitrogen and oxygen atoms in total.